The summed E-state index contributed by atoms with van der Waals surface area (Å²) in [5.74, 6) is 2.04. The molecule has 0 atom stereocenters. The highest BCUT2D eigenvalue weighted by atomic mass is 32.2. The summed E-state index contributed by atoms with van der Waals surface area (Å²) in [7, 11) is 1.58. The van der Waals surface area contributed by atoms with Crippen molar-refractivity contribution in [2.24, 2.45) is 0 Å². The predicted octanol–water partition coefficient (Wildman–Crippen LogP) is 3.63. The first-order valence-corrected chi connectivity index (χ1v) is 9.67. The molecule has 0 aliphatic carbocycles. The minimum atomic E-state index is -0.183. The highest BCUT2D eigenvalue weighted by molar-refractivity contribution is 7.99. The van der Waals surface area contributed by atoms with Gasteiger partial charge >= 0.3 is 0 Å². The third kappa shape index (κ3) is 4.49. The van der Waals surface area contributed by atoms with E-state index in [-0.39, 0.29) is 12.5 Å². The van der Waals surface area contributed by atoms with Crippen LogP contribution < -0.4 is 10.1 Å². The molecule has 7 heteroatoms. The molecule has 3 aromatic rings. The number of hydrogen-bond acceptors (Lipinski definition) is 5. The Morgan fingerprint density at radius 3 is 2.74 bits per heavy atom. The zero-order valence-electron chi connectivity index (χ0n) is 15.6. The summed E-state index contributed by atoms with van der Waals surface area (Å²) in [6.45, 7) is 4.40. The number of benzene rings is 2. The van der Waals surface area contributed by atoms with Crippen LogP contribution in [0.25, 0.3) is 5.69 Å². The van der Waals surface area contributed by atoms with Gasteiger partial charge in [-0.15, -0.1) is 10.2 Å². The largest absolute Gasteiger partial charge is 0.497 e. The Bertz CT molecular complexity index is 939. The fourth-order valence-electron chi connectivity index (χ4n) is 2.69. The molecule has 1 N–H and O–H groups in total. The van der Waals surface area contributed by atoms with Gasteiger partial charge in [-0.05, 0) is 48.6 Å². The first-order valence-electron chi connectivity index (χ1n) is 8.68. The van der Waals surface area contributed by atoms with Crippen LogP contribution in [0.2, 0.25) is 0 Å². The second-order valence-corrected chi connectivity index (χ2v) is 7.15. The molecule has 0 fully saturated rings. The van der Waals surface area contributed by atoms with Gasteiger partial charge in [-0.3, -0.25) is 9.36 Å². The number of rotatable bonds is 7. The van der Waals surface area contributed by atoms with Gasteiger partial charge in [0, 0.05) is 11.3 Å². The highest BCUT2D eigenvalue weighted by Gasteiger charge is 2.15. The van der Waals surface area contributed by atoms with E-state index < -0.39 is 0 Å². The van der Waals surface area contributed by atoms with Crippen LogP contribution in [0.3, 0.4) is 0 Å². The van der Waals surface area contributed by atoms with Crippen molar-refractivity contribution in [1.82, 2.24) is 20.1 Å². The maximum absolute atomic E-state index is 12.5. The molecule has 6 nitrogen and oxygen atoms in total. The predicted molar refractivity (Wildman–Crippen MR) is 107 cm³/mol. The summed E-state index contributed by atoms with van der Waals surface area (Å²) in [5.41, 5.74) is 2.68. The van der Waals surface area contributed by atoms with Crippen molar-refractivity contribution in [2.75, 3.05) is 12.9 Å². The quantitative estimate of drug-likeness (QED) is 0.632. The van der Waals surface area contributed by atoms with Gasteiger partial charge in [-0.2, -0.15) is 0 Å². The van der Waals surface area contributed by atoms with Gasteiger partial charge in [0.15, 0.2) is 11.0 Å². The second kappa shape index (κ2) is 8.73. The Kier molecular flexibility index (Phi) is 6.13. The van der Waals surface area contributed by atoms with Gasteiger partial charge < -0.3 is 10.1 Å². The normalized spacial score (nSPS) is 10.6. The van der Waals surface area contributed by atoms with E-state index in [4.69, 9.17) is 4.74 Å². The molecule has 27 heavy (non-hydrogen) atoms. The molecule has 2 aromatic carbocycles. The standard InChI is InChI=1S/C20H22N4O2S/c1-4-27-20-23-22-18(24(20)16-9-5-7-14(2)11-16)13-21-19(25)15-8-6-10-17(12-15)26-3/h5-12H,4,13H2,1-3H3,(H,21,25). The van der Waals surface area contributed by atoms with Crippen LogP contribution in [-0.4, -0.2) is 33.5 Å². The number of aryl methyl sites for hydroxylation is 1. The summed E-state index contributed by atoms with van der Waals surface area (Å²) >= 11 is 1.62. The molecular weight excluding hydrogens is 360 g/mol. The van der Waals surface area contributed by atoms with Gasteiger partial charge in [-0.1, -0.05) is 36.9 Å². The lowest BCUT2D eigenvalue weighted by Crippen LogP contribution is -2.24. The number of ether oxygens (including phenoxy) is 1. The van der Waals surface area contributed by atoms with Crippen molar-refractivity contribution in [3.8, 4) is 11.4 Å². The van der Waals surface area contributed by atoms with Crippen molar-refractivity contribution in [3.63, 3.8) is 0 Å². The molecule has 0 aliphatic heterocycles. The van der Waals surface area contributed by atoms with Crippen LogP contribution in [0.5, 0.6) is 5.75 Å². The molecule has 0 aliphatic rings. The number of hydrogen-bond donors (Lipinski definition) is 1. The summed E-state index contributed by atoms with van der Waals surface area (Å²) in [6, 6.07) is 15.2. The van der Waals surface area contributed by atoms with Crippen LogP contribution in [0.15, 0.2) is 53.7 Å². The number of amides is 1. The van der Waals surface area contributed by atoms with Crippen molar-refractivity contribution in [2.45, 2.75) is 25.5 Å². The maximum Gasteiger partial charge on any atom is 0.251 e. The molecule has 1 amide bonds. The SMILES string of the molecule is CCSc1nnc(CNC(=O)c2cccc(OC)c2)n1-c1cccc(C)c1. The summed E-state index contributed by atoms with van der Waals surface area (Å²) in [6.07, 6.45) is 0. The van der Waals surface area contributed by atoms with Crippen molar-refractivity contribution in [1.29, 1.82) is 0 Å². The van der Waals surface area contributed by atoms with E-state index in [2.05, 4.69) is 28.5 Å². The Morgan fingerprint density at radius 2 is 2.00 bits per heavy atom. The molecule has 0 saturated carbocycles. The number of methoxy groups -OCH3 is 1. The number of carbonyl (C=O) groups is 1. The van der Waals surface area contributed by atoms with Gasteiger partial charge in [0.05, 0.1) is 13.7 Å². The fourth-order valence-corrected chi connectivity index (χ4v) is 3.39. The third-order valence-corrected chi connectivity index (χ3v) is 4.78. The van der Waals surface area contributed by atoms with E-state index in [1.54, 1.807) is 43.1 Å². The van der Waals surface area contributed by atoms with Crippen LogP contribution in [-0.2, 0) is 6.54 Å². The van der Waals surface area contributed by atoms with Crippen molar-refractivity contribution >= 4 is 17.7 Å². The van der Waals surface area contributed by atoms with E-state index in [0.717, 1.165) is 22.2 Å². The molecular formula is C20H22N4O2S. The molecule has 0 spiro atoms. The molecule has 1 aromatic heterocycles. The van der Waals surface area contributed by atoms with Crippen molar-refractivity contribution < 1.29 is 9.53 Å². The average molecular weight is 382 g/mol. The summed E-state index contributed by atoms with van der Waals surface area (Å²) < 4.78 is 7.17. The second-order valence-electron chi connectivity index (χ2n) is 5.92. The molecule has 0 saturated heterocycles. The first-order chi connectivity index (χ1) is 13.1. The van der Waals surface area contributed by atoms with Crippen molar-refractivity contribution in [3.05, 3.63) is 65.5 Å². The lowest BCUT2D eigenvalue weighted by molar-refractivity contribution is 0.0949. The summed E-state index contributed by atoms with van der Waals surface area (Å²) in [4.78, 5) is 12.5. The number of nitrogens with one attached hydrogen (secondary N) is 1. The monoisotopic (exact) mass is 382 g/mol. The Balaban J connectivity index is 1.83. The average Bonchev–Trinajstić information content (AvgIpc) is 3.09. The van der Waals surface area contributed by atoms with E-state index in [9.17, 15) is 4.79 Å². The molecule has 0 radical (unpaired) electrons. The lowest BCUT2D eigenvalue weighted by Gasteiger charge is -2.11. The Hall–Kier alpha value is -2.80. The zero-order chi connectivity index (χ0) is 19.2. The molecule has 0 bridgehead atoms. The lowest BCUT2D eigenvalue weighted by atomic mass is 10.2. The number of thioether (sulfide) groups is 1. The first kappa shape index (κ1) is 19.0. The topological polar surface area (TPSA) is 69.0 Å². The smallest absolute Gasteiger partial charge is 0.251 e. The number of nitrogens with zero attached hydrogens (tertiary/aromatic N) is 3. The zero-order valence-corrected chi connectivity index (χ0v) is 16.4. The molecule has 140 valence electrons. The number of aromatic nitrogens is 3. The van der Waals surface area contributed by atoms with Crippen LogP contribution in [0.4, 0.5) is 0 Å². The van der Waals surface area contributed by atoms with Crippen LogP contribution >= 0.6 is 11.8 Å². The highest BCUT2D eigenvalue weighted by Crippen LogP contribution is 2.22. The van der Waals surface area contributed by atoms with Gasteiger partial charge in [0.2, 0.25) is 0 Å². The Morgan fingerprint density at radius 1 is 1.19 bits per heavy atom. The molecule has 3 rings (SSSR count). The maximum atomic E-state index is 12.5. The van der Waals surface area contributed by atoms with Crippen LogP contribution in [0, 0.1) is 6.92 Å². The van der Waals surface area contributed by atoms with Gasteiger partial charge in [-0.25, -0.2) is 0 Å². The van der Waals surface area contributed by atoms with Gasteiger partial charge in [0.1, 0.15) is 5.75 Å². The molecule has 0 unspecified atom stereocenters. The van der Waals surface area contributed by atoms with E-state index >= 15 is 0 Å². The third-order valence-electron chi connectivity index (χ3n) is 3.97. The summed E-state index contributed by atoms with van der Waals surface area (Å²) in [5, 5.41) is 12.3. The van der Waals surface area contributed by atoms with E-state index in [1.807, 2.05) is 29.7 Å². The number of carbonyl (C=O) groups excluding carboxylic acids is 1. The van der Waals surface area contributed by atoms with Crippen LogP contribution in [0.1, 0.15) is 28.7 Å². The van der Waals surface area contributed by atoms with E-state index in [0.29, 0.717) is 17.1 Å². The molecule has 1 heterocycles. The fraction of sp³-hybridized carbons (Fsp3) is 0.250. The van der Waals surface area contributed by atoms with Gasteiger partial charge in [0.25, 0.3) is 5.91 Å². The van der Waals surface area contributed by atoms with E-state index in [1.165, 1.54) is 0 Å². The minimum Gasteiger partial charge on any atom is -0.497 e. The minimum absolute atomic E-state index is 0.183. The Labute approximate surface area is 163 Å².